The van der Waals surface area contributed by atoms with Gasteiger partial charge < -0.3 is 0 Å². The predicted octanol–water partition coefficient (Wildman–Crippen LogP) is 7.94. The summed E-state index contributed by atoms with van der Waals surface area (Å²) in [6.07, 6.45) is 0. The quantitative estimate of drug-likeness (QED) is 0.231. The van der Waals surface area contributed by atoms with Crippen LogP contribution >= 0.6 is 0 Å². The van der Waals surface area contributed by atoms with E-state index < -0.39 is 56.6 Å². The van der Waals surface area contributed by atoms with E-state index >= 15 is 8.78 Å². The summed E-state index contributed by atoms with van der Waals surface area (Å²) < 4.78 is 33.9. The molecule has 2 aliphatic rings. The minimum absolute atomic E-state index is 0.119. The van der Waals surface area contributed by atoms with Crippen molar-refractivity contribution in [2.75, 3.05) is 0 Å². The first-order valence-corrected chi connectivity index (χ1v) is 12.2. The molecule has 0 saturated heterocycles. The molecular formula is C34H8F2N8. The van der Waals surface area contributed by atoms with Gasteiger partial charge in [-0.2, -0.15) is 10.5 Å². The Morgan fingerprint density at radius 1 is 0.591 bits per heavy atom. The summed E-state index contributed by atoms with van der Waals surface area (Å²) in [5.41, 5.74) is -4.62. The van der Waals surface area contributed by atoms with Gasteiger partial charge in [0.2, 0.25) is 5.70 Å². The molecule has 2 aliphatic carbocycles. The van der Waals surface area contributed by atoms with E-state index in [2.05, 4.69) is 19.4 Å². The van der Waals surface area contributed by atoms with Crippen LogP contribution in [0.4, 0.5) is 14.5 Å². The van der Waals surface area contributed by atoms with Crippen LogP contribution in [0.2, 0.25) is 0 Å². The molecule has 0 aromatic heterocycles. The minimum Gasteiger partial charge on any atom is -0.238 e. The van der Waals surface area contributed by atoms with Crippen molar-refractivity contribution < 1.29 is 8.78 Å². The van der Waals surface area contributed by atoms with Gasteiger partial charge in [0.1, 0.15) is 17.7 Å². The monoisotopic (exact) mass is 566 g/mol. The van der Waals surface area contributed by atoms with E-state index in [-0.39, 0.29) is 44.7 Å². The van der Waals surface area contributed by atoms with Gasteiger partial charge >= 0.3 is 0 Å². The molecule has 0 saturated carbocycles. The first-order valence-electron chi connectivity index (χ1n) is 12.2. The zero-order valence-electron chi connectivity index (χ0n) is 22.0. The Kier molecular flexibility index (Phi) is 6.83. The van der Waals surface area contributed by atoms with Crippen molar-refractivity contribution in [2.24, 2.45) is 0 Å². The highest BCUT2D eigenvalue weighted by atomic mass is 19.1. The Labute approximate surface area is 249 Å². The highest BCUT2D eigenvalue weighted by Crippen LogP contribution is 2.57. The number of benzene rings is 3. The molecule has 0 atom stereocenters. The van der Waals surface area contributed by atoms with Crippen LogP contribution in [0, 0.1) is 83.2 Å². The summed E-state index contributed by atoms with van der Waals surface area (Å²) >= 11 is 0. The highest BCUT2D eigenvalue weighted by Gasteiger charge is 2.43. The second-order valence-electron chi connectivity index (χ2n) is 9.07. The summed E-state index contributed by atoms with van der Waals surface area (Å²) in [5.74, 6) is -2.45. The molecule has 0 amide bonds. The minimum atomic E-state index is -1.24. The molecule has 0 N–H and O–H groups in total. The van der Waals surface area contributed by atoms with Crippen LogP contribution in [0.15, 0.2) is 59.9 Å². The molecule has 198 valence electrons. The number of nitriles is 4. The lowest BCUT2D eigenvalue weighted by molar-refractivity contribution is 0.590. The second kappa shape index (κ2) is 10.8. The highest BCUT2D eigenvalue weighted by molar-refractivity contribution is 6.29. The molecule has 0 unspecified atom stereocenters. The number of hydrogen-bond donors (Lipinski definition) is 0. The van der Waals surface area contributed by atoms with Crippen LogP contribution in [-0.4, -0.2) is 0 Å². The third kappa shape index (κ3) is 3.81. The van der Waals surface area contributed by atoms with Crippen molar-refractivity contribution in [1.82, 2.24) is 0 Å². The summed E-state index contributed by atoms with van der Waals surface area (Å²) in [6.45, 7) is 30.3. The largest absolute Gasteiger partial charge is 0.270 e. The van der Waals surface area contributed by atoms with E-state index in [0.29, 0.717) is 0 Å². The average Bonchev–Trinajstić information content (AvgIpc) is 3.59. The smallest absolute Gasteiger partial charge is 0.238 e. The SMILES string of the molecule is [C-]#[N+]C1=C(c2ccc([N+]#[C-])cc2)/C(=C(/C#N)[N+]#[C-])c2c(F)c3c(c(F)c21)C(C#N)=C(c1ccc(C#N)cc1)/C3=C(\C#N)[N+]#[C-]. The Hall–Kier alpha value is -7.60. The van der Waals surface area contributed by atoms with E-state index in [0.717, 1.165) is 0 Å². The van der Waals surface area contributed by atoms with E-state index in [4.69, 9.17) is 26.3 Å². The Morgan fingerprint density at radius 2 is 1.09 bits per heavy atom. The number of rotatable bonds is 2. The molecule has 8 nitrogen and oxygen atoms in total. The molecule has 0 aliphatic heterocycles. The van der Waals surface area contributed by atoms with Gasteiger partial charge in [-0.25, -0.2) is 38.7 Å². The van der Waals surface area contributed by atoms with Crippen LogP contribution in [-0.2, 0) is 0 Å². The third-order valence-electron chi connectivity index (χ3n) is 7.07. The Bertz CT molecular complexity index is 2150. The summed E-state index contributed by atoms with van der Waals surface area (Å²) in [6, 6.07) is 18.4. The van der Waals surface area contributed by atoms with Crippen molar-refractivity contribution in [3.05, 3.63) is 156 Å². The molecule has 0 fully saturated rings. The average molecular weight is 566 g/mol. The maximum absolute atomic E-state index is 17.0. The molecule has 3 aromatic rings. The van der Waals surface area contributed by atoms with Crippen LogP contribution in [0.5, 0.6) is 0 Å². The van der Waals surface area contributed by atoms with Gasteiger partial charge in [-0.05, 0) is 40.0 Å². The summed E-state index contributed by atoms with van der Waals surface area (Å²) in [4.78, 5) is 13.2. The fraction of sp³-hybridized carbons (Fsp3) is 0. The maximum atomic E-state index is 17.0. The summed E-state index contributed by atoms with van der Waals surface area (Å²) in [5, 5.41) is 39.2. The maximum Gasteiger partial charge on any atom is 0.270 e. The van der Waals surface area contributed by atoms with Crippen molar-refractivity contribution in [1.29, 1.82) is 21.0 Å². The predicted molar refractivity (Wildman–Crippen MR) is 154 cm³/mol. The lowest BCUT2D eigenvalue weighted by atomic mass is 9.90. The Morgan fingerprint density at radius 3 is 1.57 bits per heavy atom. The fourth-order valence-corrected chi connectivity index (χ4v) is 5.31. The normalized spacial score (nSPS) is 14.8. The number of halogens is 2. The topological polar surface area (TPSA) is 113 Å². The summed E-state index contributed by atoms with van der Waals surface area (Å²) in [7, 11) is 0. The molecule has 0 radical (unpaired) electrons. The lowest BCUT2D eigenvalue weighted by Crippen LogP contribution is -2.05. The lowest BCUT2D eigenvalue weighted by Gasteiger charge is -2.15. The zero-order valence-corrected chi connectivity index (χ0v) is 22.0. The first kappa shape index (κ1) is 27.9. The Balaban J connectivity index is 2.01. The van der Waals surface area contributed by atoms with Crippen molar-refractivity contribution in [2.45, 2.75) is 0 Å². The van der Waals surface area contributed by atoms with Gasteiger partial charge in [-0.15, -0.1) is 0 Å². The number of nitrogens with zero attached hydrogens (tertiary/aromatic N) is 8. The molecule has 0 heterocycles. The van der Waals surface area contributed by atoms with Crippen LogP contribution in [0.3, 0.4) is 0 Å². The van der Waals surface area contributed by atoms with E-state index in [1.54, 1.807) is 12.1 Å². The number of hydrogen-bond acceptors (Lipinski definition) is 4. The number of allylic oxidation sites excluding steroid dienone is 7. The van der Waals surface area contributed by atoms with Gasteiger partial charge in [0, 0.05) is 27.8 Å². The van der Waals surface area contributed by atoms with Gasteiger partial charge in [0.25, 0.3) is 11.4 Å². The first-order chi connectivity index (χ1) is 21.3. The van der Waals surface area contributed by atoms with E-state index in [1.165, 1.54) is 48.5 Å². The van der Waals surface area contributed by atoms with Gasteiger partial charge in [-0.1, -0.05) is 36.4 Å². The van der Waals surface area contributed by atoms with Crippen LogP contribution in [0.25, 0.3) is 52.9 Å². The fourth-order valence-electron chi connectivity index (χ4n) is 5.31. The molecule has 44 heavy (non-hydrogen) atoms. The van der Waals surface area contributed by atoms with Crippen LogP contribution in [0.1, 0.15) is 38.9 Å². The van der Waals surface area contributed by atoms with Crippen molar-refractivity contribution >= 4 is 39.2 Å². The number of fused-ring (bicyclic) bond motifs is 2. The standard InChI is InChI=1S/C34H8F2N8/c1-41-20-11-9-19(10-12-20)25-28(23(16-40)43-3)30-31(34(25)44-4)32(35)26-21(14-38)24(18-7-5-17(13-37)6-8-18)27(22(15-39)42-2)29(26)33(30)36/h5-12H/b27-22-,28-23+. The molecule has 10 heteroatoms. The van der Waals surface area contributed by atoms with Gasteiger partial charge in [-0.3, -0.25) is 0 Å². The van der Waals surface area contributed by atoms with Crippen LogP contribution < -0.4 is 0 Å². The van der Waals surface area contributed by atoms with Crippen molar-refractivity contribution in [3.63, 3.8) is 0 Å². The zero-order chi connectivity index (χ0) is 31.7. The third-order valence-corrected chi connectivity index (χ3v) is 7.07. The molecule has 0 bridgehead atoms. The van der Waals surface area contributed by atoms with E-state index in [1.807, 2.05) is 12.1 Å². The second-order valence-corrected chi connectivity index (χ2v) is 9.07. The van der Waals surface area contributed by atoms with Gasteiger partial charge in [0.15, 0.2) is 5.69 Å². The van der Waals surface area contributed by atoms with E-state index in [9.17, 15) is 21.0 Å². The molecular weight excluding hydrogens is 558 g/mol. The molecule has 0 spiro atoms. The van der Waals surface area contributed by atoms with Gasteiger partial charge in [0.05, 0.1) is 55.6 Å². The molecule has 3 aromatic carbocycles. The van der Waals surface area contributed by atoms with Crippen molar-refractivity contribution in [3.8, 4) is 24.3 Å². The molecule has 5 rings (SSSR count).